The standard InChI is InChI=1S/C23H21ClN2O3S/c1-3-16(2)19-7-4-5-9-22(19)26-30(27,28)18-13-11-17(12-14-18)29-23-10-6-8-21(24)20(23)15-25/h4-14,16,26H,3H2,1-2H3. The molecule has 0 amide bonds. The summed E-state index contributed by atoms with van der Waals surface area (Å²) in [5.41, 5.74) is 1.75. The van der Waals surface area contributed by atoms with Crippen LogP contribution in [0.2, 0.25) is 5.02 Å². The first-order valence-corrected chi connectivity index (χ1v) is 11.3. The maximum atomic E-state index is 12.9. The fraction of sp³-hybridized carbons (Fsp3) is 0.174. The Labute approximate surface area is 181 Å². The van der Waals surface area contributed by atoms with Crippen LogP contribution in [0.4, 0.5) is 5.69 Å². The van der Waals surface area contributed by atoms with E-state index in [2.05, 4.69) is 18.6 Å². The number of benzene rings is 3. The molecular formula is C23H21ClN2O3S. The third-order valence-electron chi connectivity index (χ3n) is 4.80. The third-order valence-corrected chi connectivity index (χ3v) is 6.49. The number of sulfonamides is 1. The number of ether oxygens (including phenoxy) is 1. The lowest BCUT2D eigenvalue weighted by Crippen LogP contribution is -2.14. The smallest absolute Gasteiger partial charge is 0.261 e. The van der Waals surface area contributed by atoms with E-state index in [0.717, 1.165) is 12.0 Å². The maximum Gasteiger partial charge on any atom is 0.261 e. The van der Waals surface area contributed by atoms with Crippen molar-refractivity contribution in [3.63, 3.8) is 0 Å². The van der Waals surface area contributed by atoms with Gasteiger partial charge in [0.05, 0.1) is 15.6 Å². The summed E-state index contributed by atoms with van der Waals surface area (Å²) in [4.78, 5) is 0.111. The summed E-state index contributed by atoms with van der Waals surface area (Å²) in [7, 11) is -3.77. The van der Waals surface area contributed by atoms with Gasteiger partial charge in [-0.1, -0.05) is 49.7 Å². The average molecular weight is 441 g/mol. The summed E-state index contributed by atoms with van der Waals surface area (Å²) >= 11 is 6.01. The molecule has 0 heterocycles. The van der Waals surface area contributed by atoms with Gasteiger partial charge in [0.25, 0.3) is 10.0 Å². The second-order valence-electron chi connectivity index (χ2n) is 6.80. The van der Waals surface area contributed by atoms with Gasteiger partial charge in [0.1, 0.15) is 23.1 Å². The highest BCUT2D eigenvalue weighted by Gasteiger charge is 2.18. The quantitative estimate of drug-likeness (QED) is 0.466. The highest BCUT2D eigenvalue weighted by Crippen LogP contribution is 2.31. The van der Waals surface area contributed by atoms with Gasteiger partial charge in [-0.25, -0.2) is 8.42 Å². The molecule has 1 atom stereocenters. The van der Waals surface area contributed by atoms with Crippen LogP contribution >= 0.6 is 11.6 Å². The van der Waals surface area contributed by atoms with Gasteiger partial charge in [-0.05, 0) is 60.4 Å². The molecule has 0 saturated heterocycles. The Bertz CT molecular complexity index is 1190. The van der Waals surface area contributed by atoms with Gasteiger partial charge in [-0.3, -0.25) is 4.72 Å². The number of nitrogens with zero attached hydrogens (tertiary/aromatic N) is 1. The zero-order valence-electron chi connectivity index (χ0n) is 16.6. The molecule has 0 fully saturated rings. The van der Waals surface area contributed by atoms with E-state index < -0.39 is 10.0 Å². The number of rotatable bonds is 7. The van der Waals surface area contributed by atoms with Gasteiger partial charge in [0.15, 0.2) is 0 Å². The number of nitrogens with one attached hydrogen (secondary N) is 1. The summed E-state index contributed by atoms with van der Waals surface area (Å²) < 4.78 is 34.1. The van der Waals surface area contributed by atoms with Crippen molar-refractivity contribution in [1.82, 2.24) is 0 Å². The molecule has 0 aliphatic carbocycles. The van der Waals surface area contributed by atoms with Gasteiger partial charge in [-0.15, -0.1) is 0 Å². The molecule has 0 radical (unpaired) electrons. The second kappa shape index (κ2) is 9.21. The molecule has 154 valence electrons. The van der Waals surface area contributed by atoms with Gasteiger partial charge < -0.3 is 4.74 Å². The van der Waals surface area contributed by atoms with E-state index in [-0.39, 0.29) is 16.4 Å². The number of hydrogen-bond acceptors (Lipinski definition) is 4. The van der Waals surface area contributed by atoms with Crippen molar-refractivity contribution < 1.29 is 13.2 Å². The van der Waals surface area contributed by atoms with Gasteiger partial charge >= 0.3 is 0 Å². The van der Waals surface area contributed by atoms with Crippen LogP contribution in [-0.4, -0.2) is 8.42 Å². The summed E-state index contributed by atoms with van der Waals surface area (Å²) in [5.74, 6) is 0.931. The summed E-state index contributed by atoms with van der Waals surface area (Å²) in [6, 6.07) is 20.3. The zero-order valence-corrected chi connectivity index (χ0v) is 18.2. The van der Waals surface area contributed by atoms with Crippen molar-refractivity contribution in [2.75, 3.05) is 4.72 Å². The molecule has 0 aliphatic heterocycles. The molecule has 0 spiro atoms. The van der Waals surface area contributed by atoms with Crippen LogP contribution in [0.3, 0.4) is 0 Å². The first kappa shape index (κ1) is 21.7. The lowest BCUT2D eigenvalue weighted by molar-refractivity contribution is 0.480. The van der Waals surface area contributed by atoms with Crippen LogP contribution in [0.25, 0.3) is 0 Å². The molecule has 5 nitrogen and oxygen atoms in total. The van der Waals surface area contributed by atoms with E-state index >= 15 is 0 Å². The molecule has 1 N–H and O–H groups in total. The van der Waals surface area contributed by atoms with Crippen LogP contribution in [0, 0.1) is 11.3 Å². The van der Waals surface area contributed by atoms with Crippen LogP contribution in [-0.2, 0) is 10.0 Å². The van der Waals surface area contributed by atoms with Crippen molar-refractivity contribution >= 4 is 27.3 Å². The van der Waals surface area contributed by atoms with Gasteiger partial charge in [0.2, 0.25) is 0 Å². The highest BCUT2D eigenvalue weighted by molar-refractivity contribution is 7.92. The molecule has 3 rings (SSSR count). The Morgan fingerprint density at radius 1 is 1.07 bits per heavy atom. The summed E-state index contributed by atoms with van der Waals surface area (Å²) in [5, 5.41) is 9.54. The highest BCUT2D eigenvalue weighted by atomic mass is 35.5. The van der Waals surface area contributed by atoms with Crippen molar-refractivity contribution in [1.29, 1.82) is 5.26 Å². The topological polar surface area (TPSA) is 79.2 Å². The number of hydrogen-bond donors (Lipinski definition) is 1. The Balaban J connectivity index is 1.83. The fourth-order valence-corrected chi connectivity index (χ4v) is 4.25. The summed E-state index contributed by atoms with van der Waals surface area (Å²) in [6.07, 6.45) is 0.902. The normalized spacial score (nSPS) is 12.1. The predicted molar refractivity (Wildman–Crippen MR) is 119 cm³/mol. The van der Waals surface area contributed by atoms with Crippen molar-refractivity contribution in [2.24, 2.45) is 0 Å². The van der Waals surface area contributed by atoms with E-state index in [0.29, 0.717) is 22.2 Å². The SMILES string of the molecule is CCC(C)c1ccccc1NS(=O)(=O)c1ccc(Oc2cccc(Cl)c2C#N)cc1. The number of anilines is 1. The summed E-state index contributed by atoms with van der Waals surface area (Å²) in [6.45, 7) is 4.12. The van der Waals surface area contributed by atoms with Crippen LogP contribution in [0.15, 0.2) is 71.6 Å². The Morgan fingerprint density at radius 3 is 2.43 bits per heavy atom. The first-order chi connectivity index (χ1) is 14.4. The monoisotopic (exact) mass is 440 g/mol. The Morgan fingerprint density at radius 2 is 1.77 bits per heavy atom. The lowest BCUT2D eigenvalue weighted by Gasteiger charge is -2.16. The number of nitriles is 1. The third kappa shape index (κ3) is 4.76. The van der Waals surface area contributed by atoms with E-state index in [9.17, 15) is 13.7 Å². The number of para-hydroxylation sites is 1. The second-order valence-corrected chi connectivity index (χ2v) is 8.89. The maximum absolute atomic E-state index is 12.9. The molecule has 0 saturated carbocycles. The minimum atomic E-state index is -3.77. The fourth-order valence-electron chi connectivity index (χ4n) is 2.95. The molecule has 3 aromatic rings. The Kier molecular flexibility index (Phi) is 6.66. The van der Waals surface area contributed by atoms with Crippen molar-refractivity contribution in [3.8, 4) is 17.6 Å². The van der Waals surface area contributed by atoms with E-state index in [4.69, 9.17) is 16.3 Å². The van der Waals surface area contributed by atoms with Gasteiger partial charge in [-0.2, -0.15) is 5.26 Å². The predicted octanol–water partition coefficient (Wildman–Crippen LogP) is 6.32. The van der Waals surface area contributed by atoms with Crippen molar-refractivity contribution in [3.05, 3.63) is 82.9 Å². The molecule has 3 aromatic carbocycles. The molecule has 30 heavy (non-hydrogen) atoms. The lowest BCUT2D eigenvalue weighted by atomic mass is 9.97. The van der Waals surface area contributed by atoms with E-state index in [1.165, 1.54) is 24.3 Å². The van der Waals surface area contributed by atoms with Crippen LogP contribution in [0.5, 0.6) is 11.5 Å². The van der Waals surface area contributed by atoms with Crippen molar-refractivity contribution in [2.45, 2.75) is 31.1 Å². The minimum Gasteiger partial charge on any atom is -0.456 e. The molecule has 7 heteroatoms. The molecular weight excluding hydrogens is 420 g/mol. The minimum absolute atomic E-state index is 0.111. The van der Waals surface area contributed by atoms with Crippen LogP contribution in [0.1, 0.15) is 37.3 Å². The largest absolute Gasteiger partial charge is 0.456 e. The Hall–Kier alpha value is -3.01. The van der Waals surface area contributed by atoms with E-state index in [1.807, 2.05) is 18.2 Å². The van der Waals surface area contributed by atoms with E-state index in [1.54, 1.807) is 30.3 Å². The zero-order chi connectivity index (χ0) is 21.7. The molecule has 0 aromatic heterocycles. The average Bonchev–Trinajstić information content (AvgIpc) is 2.74. The molecule has 1 unspecified atom stereocenters. The van der Waals surface area contributed by atoms with Crippen LogP contribution < -0.4 is 9.46 Å². The number of halogens is 1. The molecule has 0 aliphatic rings. The molecule has 0 bridgehead atoms. The van der Waals surface area contributed by atoms with Gasteiger partial charge in [0, 0.05) is 0 Å². The first-order valence-electron chi connectivity index (χ1n) is 9.44.